The van der Waals surface area contributed by atoms with Gasteiger partial charge in [-0.2, -0.15) is 0 Å². The quantitative estimate of drug-likeness (QED) is 0.849. The van der Waals surface area contributed by atoms with Crippen molar-refractivity contribution < 1.29 is 4.79 Å². The molecule has 0 unspecified atom stereocenters. The Morgan fingerprint density at radius 2 is 2.14 bits per heavy atom. The van der Waals surface area contributed by atoms with Crippen molar-refractivity contribution >= 4 is 39.8 Å². The molecule has 0 fully saturated rings. The van der Waals surface area contributed by atoms with E-state index in [0.717, 1.165) is 2.88 Å². The Morgan fingerprint density at radius 3 is 2.71 bits per heavy atom. The number of amides is 1. The van der Waals surface area contributed by atoms with Crippen LogP contribution in [0.3, 0.4) is 0 Å². The number of carbonyl (C=O) groups is 1. The third kappa shape index (κ3) is 2.16. The van der Waals surface area contributed by atoms with Crippen LogP contribution in [0.5, 0.6) is 0 Å². The highest BCUT2D eigenvalue weighted by molar-refractivity contribution is 14.1. The fraction of sp³-hybridized carbons (Fsp3) is 0. The Balaban J connectivity index is 2.10. The molecule has 0 saturated carbocycles. The highest BCUT2D eigenvalue weighted by Crippen LogP contribution is 2.16. The third-order valence-electron chi connectivity index (χ3n) is 1.66. The summed E-state index contributed by atoms with van der Waals surface area (Å²) < 4.78 is 2.74. The first-order valence-electron chi connectivity index (χ1n) is 3.94. The van der Waals surface area contributed by atoms with E-state index >= 15 is 0 Å². The number of hydrogen-bond donors (Lipinski definition) is 1. The summed E-state index contributed by atoms with van der Waals surface area (Å²) in [7, 11) is 0. The maximum absolute atomic E-state index is 11.6. The number of rotatable bonds is 2. The highest BCUT2D eigenvalue weighted by atomic mass is 127. The van der Waals surface area contributed by atoms with Gasteiger partial charge in [0.2, 0.25) is 0 Å². The molecule has 5 heteroatoms. The molecule has 0 aliphatic heterocycles. The molecule has 0 aliphatic carbocycles. The van der Waals surface area contributed by atoms with Gasteiger partial charge in [-0.15, -0.1) is 11.3 Å². The minimum Gasteiger partial charge on any atom is -0.268 e. The lowest BCUT2D eigenvalue weighted by Crippen LogP contribution is -2.20. The Bertz CT molecular complexity index is 435. The second kappa shape index (κ2) is 4.14. The predicted molar refractivity (Wildman–Crippen MR) is 65.2 cm³/mol. The van der Waals surface area contributed by atoms with Crippen LogP contribution in [-0.2, 0) is 0 Å². The van der Waals surface area contributed by atoms with Gasteiger partial charge in [0.1, 0.15) is 0 Å². The van der Waals surface area contributed by atoms with E-state index in [2.05, 4.69) is 28.0 Å². The Morgan fingerprint density at radius 1 is 1.43 bits per heavy atom. The summed E-state index contributed by atoms with van der Waals surface area (Å²) in [5, 5.41) is 1.85. The van der Waals surface area contributed by atoms with Crippen LogP contribution in [0.25, 0.3) is 0 Å². The van der Waals surface area contributed by atoms with E-state index < -0.39 is 0 Å². The van der Waals surface area contributed by atoms with E-state index in [1.807, 2.05) is 23.6 Å². The molecule has 14 heavy (non-hydrogen) atoms. The lowest BCUT2D eigenvalue weighted by Gasteiger charge is -2.03. The number of thiophene rings is 1. The SMILES string of the molecule is O=C(Nn1cccc1)c1csc(I)c1. The Hall–Kier alpha value is -0.820. The molecule has 2 aromatic heterocycles. The average Bonchev–Trinajstić information content (AvgIpc) is 2.75. The zero-order valence-electron chi connectivity index (χ0n) is 7.11. The summed E-state index contributed by atoms with van der Waals surface area (Å²) >= 11 is 3.76. The number of hydrogen-bond acceptors (Lipinski definition) is 2. The second-order valence-corrected chi connectivity index (χ2v) is 5.48. The van der Waals surface area contributed by atoms with Crippen LogP contribution < -0.4 is 5.43 Å². The molecule has 0 bridgehead atoms. The molecule has 2 aromatic rings. The molecule has 72 valence electrons. The van der Waals surface area contributed by atoms with Gasteiger partial charge in [-0.3, -0.25) is 14.9 Å². The Kier molecular flexibility index (Phi) is 2.87. The molecule has 2 rings (SSSR count). The highest BCUT2D eigenvalue weighted by Gasteiger charge is 2.06. The third-order valence-corrected chi connectivity index (χ3v) is 3.45. The van der Waals surface area contributed by atoms with Gasteiger partial charge in [-0.1, -0.05) is 0 Å². The average molecular weight is 318 g/mol. The van der Waals surface area contributed by atoms with Crippen molar-refractivity contribution in [3.05, 3.63) is 44.4 Å². The zero-order valence-corrected chi connectivity index (χ0v) is 10.1. The van der Waals surface area contributed by atoms with Crippen molar-refractivity contribution in [2.75, 3.05) is 5.43 Å². The minimum atomic E-state index is -0.0830. The molecular weight excluding hydrogens is 311 g/mol. The van der Waals surface area contributed by atoms with Gasteiger partial charge >= 0.3 is 0 Å². The summed E-state index contributed by atoms with van der Waals surface area (Å²) in [5.41, 5.74) is 3.43. The van der Waals surface area contributed by atoms with Crippen molar-refractivity contribution in [2.24, 2.45) is 0 Å². The van der Waals surface area contributed by atoms with Crippen LogP contribution in [-0.4, -0.2) is 10.6 Å². The normalized spacial score (nSPS) is 10.1. The monoisotopic (exact) mass is 318 g/mol. The van der Waals surface area contributed by atoms with Gasteiger partial charge in [-0.05, 0) is 40.8 Å². The van der Waals surface area contributed by atoms with Crippen LogP contribution in [0.1, 0.15) is 10.4 Å². The minimum absolute atomic E-state index is 0.0830. The maximum atomic E-state index is 11.6. The maximum Gasteiger partial charge on any atom is 0.270 e. The largest absolute Gasteiger partial charge is 0.270 e. The van der Waals surface area contributed by atoms with Crippen molar-refractivity contribution in [1.82, 2.24) is 4.68 Å². The van der Waals surface area contributed by atoms with E-state index in [1.165, 1.54) is 0 Å². The number of carbonyl (C=O) groups excluding carboxylic acids is 1. The second-order valence-electron chi connectivity index (χ2n) is 2.67. The summed E-state index contributed by atoms with van der Waals surface area (Å²) in [5.74, 6) is -0.0830. The van der Waals surface area contributed by atoms with Crippen LogP contribution in [0.15, 0.2) is 36.0 Å². The molecule has 0 atom stereocenters. The molecule has 1 amide bonds. The van der Waals surface area contributed by atoms with E-state index in [1.54, 1.807) is 28.4 Å². The lowest BCUT2D eigenvalue weighted by molar-refractivity contribution is 0.101. The summed E-state index contributed by atoms with van der Waals surface area (Å²) in [6, 6.07) is 5.58. The van der Waals surface area contributed by atoms with Gasteiger partial charge < -0.3 is 0 Å². The van der Waals surface area contributed by atoms with Crippen molar-refractivity contribution in [3.63, 3.8) is 0 Å². The van der Waals surface area contributed by atoms with Crippen LogP contribution in [0, 0.1) is 2.88 Å². The fourth-order valence-electron chi connectivity index (χ4n) is 1.02. The molecule has 0 saturated heterocycles. The fourth-order valence-corrected chi connectivity index (χ4v) is 2.35. The van der Waals surface area contributed by atoms with Crippen LogP contribution in [0.4, 0.5) is 0 Å². The number of nitrogens with zero attached hydrogens (tertiary/aromatic N) is 1. The summed E-state index contributed by atoms with van der Waals surface area (Å²) in [4.78, 5) is 11.6. The van der Waals surface area contributed by atoms with Crippen molar-refractivity contribution in [2.45, 2.75) is 0 Å². The molecule has 0 spiro atoms. The smallest absolute Gasteiger partial charge is 0.268 e. The zero-order chi connectivity index (χ0) is 9.97. The van der Waals surface area contributed by atoms with Crippen molar-refractivity contribution in [3.8, 4) is 0 Å². The number of nitrogens with one attached hydrogen (secondary N) is 1. The summed E-state index contributed by atoms with van der Waals surface area (Å²) in [6.45, 7) is 0. The molecule has 1 N–H and O–H groups in total. The molecule has 0 aliphatic rings. The van der Waals surface area contributed by atoms with Gasteiger partial charge in [0.05, 0.1) is 8.45 Å². The number of aromatic nitrogens is 1. The predicted octanol–water partition coefficient (Wildman–Crippen LogP) is 2.54. The first-order valence-corrected chi connectivity index (χ1v) is 5.90. The first kappa shape index (κ1) is 9.72. The van der Waals surface area contributed by atoms with Gasteiger partial charge in [0.15, 0.2) is 0 Å². The van der Waals surface area contributed by atoms with Crippen LogP contribution in [0.2, 0.25) is 0 Å². The molecular formula is C9H7IN2OS. The molecule has 3 nitrogen and oxygen atoms in total. The van der Waals surface area contributed by atoms with Gasteiger partial charge in [-0.25, -0.2) is 0 Å². The molecule has 0 radical (unpaired) electrons. The Labute approximate surface area is 98.9 Å². The number of halogens is 1. The van der Waals surface area contributed by atoms with E-state index in [0.29, 0.717) is 5.56 Å². The first-order chi connectivity index (χ1) is 6.75. The van der Waals surface area contributed by atoms with E-state index in [9.17, 15) is 4.79 Å². The topological polar surface area (TPSA) is 34.0 Å². The van der Waals surface area contributed by atoms with Crippen molar-refractivity contribution in [1.29, 1.82) is 0 Å². The standard InChI is InChI=1S/C9H7IN2OS/c10-8-5-7(6-14-8)9(13)11-12-3-1-2-4-12/h1-6H,(H,11,13). The molecule has 0 aromatic carbocycles. The van der Waals surface area contributed by atoms with E-state index in [4.69, 9.17) is 0 Å². The van der Waals surface area contributed by atoms with Crippen LogP contribution >= 0.6 is 33.9 Å². The van der Waals surface area contributed by atoms with E-state index in [-0.39, 0.29) is 5.91 Å². The van der Waals surface area contributed by atoms with Gasteiger partial charge in [0.25, 0.3) is 5.91 Å². The van der Waals surface area contributed by atoms with Gasteiger partial charge in [0, 0.05) is 17.8 Å². The summed E-state index contributed by atoms with van der Waals surface area (Å²) in [6.07, 6.45) is 3.57. The lowest BCUT2D eigenvalue weighted by atomic mass is 10.3. The molecule has 2 heterocycles.